The second-order valence-corrected chi connectivity index (χ2v) is 2.84. The Kier molecular flexibility index (Phi) is 2.67. The highest BCUT2D eigenvalue weighted by atomic mass is 16.5. The molecule has 0 amide bonds. The fraction of sp³-hybridized carbons (Fsp3) is 0.500. The molecule has 0 saturated heterocycles. The Bertz CT molecular complexity index is 319. The van der Waals surface area contributed by atoms with Gasteiger partial charge >= 0.3 is 5.97 Å². The maximum atomic E-state index is 11.1. The second kappa shape index (κ2) is 3.57. The van der Waals surface area contributed by atoms with Gasteiger partial charge in [0.2, 0.25) is 0 Å². The topological polar surface area (TPSA) is 70.1 Å². The molecule has 1 rings (SSSR count). The molecule has 0 aromatic carbocycles. The fourth-order valence-corrected chi connectivity index (χ4v) is 1.17. The molecule has 72 valence electrons. The Balaban J connectivity index is 2.94. The molecule has 0 spiro atoms. The van der Waals surface area contributed by atoms with Crippen LogP contribution in [0.2, 0.25) is 0 Å². The summed E-state index contributed by atoms with van der Waals surface area (Å²) in [5.41, 5.74) is 7.12. The largest absolute Gasteiger partial charge is 0.468 e. The van der Waals surface area contributed by atoms with Crippen LogP contribution in [0.5, 0.6) is 0 Å². The number of ether oxygens (including phenoxy) is 1. The number of carbonyl (C=O) groups is 1. The van der Waals surface area contributed by atoms with Crippen LogP contribution < -0.4 is 5.73 Å². The van der Waals surface area contributed by atoms with E-state index in [0.29, 0.717) is 5.69 Å². The highest BCUT2D eigenvalue weighted by molar-refractivity contribution is 5.76. The predicted molar refractivity (Wildman–Crippen MR) is 46.9 cm³/mol. The monoisotopic (exact) mass is 183 g/mol. The van der Waals surface area contributed by atoms with Crippen LogP contribution in [-0.2, 0) is 16.6 Å². The number of hydrogen-bond acceptors (Lipinski definition) is 4. The Morgan fingerprint density at radius 3 is 2.77 bits per heavy atom. The predicted octanol–water partition coefficient (Wildman–Crippen LogP) is -0.0987. The van der Waals surface area contributed by atoms with E-state index in [2.05, 4.69) is 9.84 Å². The van der Waals surface area contributed by atoms with Gasteiger partial charge in [-0.25, -0.2) is 4.79 Å². The smallest absolute Gasteiger partial charge is 0.328 e. The van der Waals surface area contributed by atoms with Gasteiger partial charge in [0.25, 0.3) is 0 Å². The van der Waals surface area contributed by atoms with Crippen molar-refractivity contribution >= 4 is 5.97 Å². The van der Waals surface area contributed by atoms with Crippen LogP contribution >= 0.6 is 0 Å². The highest BCUT2D eigenvalue weighted by Gasteiger charge is 2.19. The number of hydrogen-bond donors (Lipinski definition) is 1. The minimum absolute atomic E-state index is 0.456. The molecule has 5 nitrogen and oxygen atoms in total. The number of aryl methyl sites for hydroxylation is 2. The maximum Gasteiger partial charge on any atom is 0.328 e. The zero-order valence-electron chi connectivity index (χ0n) is 7.94. The van der Waals surface area contributed by atoms with E-state index >= 15 is 0 Å². The molecule has 0 aliphatic rings. The molecule has 2 N–H and O–H groups in total. The summed E-state index contributed by atoms with van der Waals surface area (Å²) < 4.78 is 6.11. The average molecular weight is 183 g/mol. The molecule has 0 fully saturated rings. The van der Waals surface area contributed by atoms with E-state index < -0.39 is 12.0 Å². The van der Waals surface area contributed by atoms with Crippen molar-refractivity contribution in [1.82, 2.24) is 9.78 Å². The standard InChI is InChI=1S/C8H13N3O2/c1-5-4-6(11(2)10-5)7(9)8(12)13-3/h4,7H,9H2,1-3H3. The first kappa shape index (κ1) is 9.73. The molecule has 5 heteroatoms. The number of methoxy groups -OCH3 is 1. The van der Waals surface area contributed by atoms with Gasteiger partial charge in [0.05, 0.1) is 18.5 Å². The van der Waals surface area contributed by atoms with Crippen LogP contribution in [0, 0.1) is 6.92 Å². The lowest BCUT2D eigenvalue weighted by atomic mass is 10.2. The summed E-state index contributed by atoms with van der Waals surface area (Å²) in [6, 6.07) is 1.01. The number of nitrogens with two attached hydrogens (primary N) is 1. The van der Waals surface area contributed by atoms with Crippen molar-refractivity contribution in [3.8, 4) is 0 Å². The molecule has 0 aliphatic carbocycles. The molecule has 1 unspecified atom stereocenters. The number of nitrogens with zero attached hydrogens (tertiary/aromatic N) is 2. The molecule has 1 aromatic rings. The van der Waals surface area contributed by atoms with Crippen molar-refractivity contribution in [2.75, 3.05) is 7.11 Å². The van der Waals surface area contributed by atoms with Gasteiger partial charge in [0.15, 0.2) is 0 Å². The van der Waals surface area contributed by atoms with Crippen molar-refractivity contribution < 1.29 is 9.53 Å². The van der Waals surface area contributed by atoms with Crippen molar-refractivity contribution in [2.24, 2.45) is 12.8 Å². The average Bonchev–Trinajstić information content (AvgIpc) is 2.42. The summed E-state index contributed by atoms with van der Waals surface area (Å²) in [4.78, 5) is 11.1. The van der Waals surface area contributed by atoms with E-state index in [9.17, 15) is 4.79 Å². The van der Waals surface area contributed by atoms with Crippen LogP contribution in [0.3, 0.4) is 0 Å². The Morgan fingerprint density at radius 2 is 2.38 bits per heavy atom. The molecular formula is C8H13N3O2. The molecule has 0 radical (unpaired) electrons. The Morgan fingerprint density at radius 1 is 1.77 bits per heavy atom. The second-order valence-electron chi connectivity index (χ2n) is 2.84. The minimum Gasteiger partial charge on any atom is -0.468 e. The maximum absolute atomic E-state index is 11.1. The molecule has 0 saturated carbocycles. The first-order chi connectivity index (χ1) is 6.06. The number of esters is 1. The van der Waals surface area contributed by atoms with Gasteiger partial charge in [-0.3, -0.25) is 4.68 Å². The SMILES string of the molecule is COC(=O)C(N)c1cc(C)nn1C. The zero-order chi connectivity index (χ0) is 10.0. The summed E-state index contributed by atoms with van der Waals surface area (Å²) in [6.07, 6.45) is 0. The number of carbonyl (C=O) groups excluding carboxylic acids is 1. The number of rotatable bonds is 2. The molecule has 13 heavy (non-hydrogen) atoms. The first-order valence-electron chi connectivity index (χ1n) is 3.90. The third-order valence-corrected chi connectivity index (χ3v) is 1.81. The molecule has 0 aliphatic heterocycles. The summed E-state index contributed by atoms with van der Waals surface area (Å²) in [6.45, 7) is 1.84. The Hall–Kier alpha value is -1.36. The van der Waals surface area contributed by atoms with E-state index in [4.69, 9.17) is 5.73 Å². The molecule has 0 bridgehead atoms. The van der Waals surface area contributed by atoms with Crippen LogP contribution in [-0.4, -0.2) is 22.9 Å². The molecule has 1 heterocycles. The quantitative estimate of drug-likeness (QED) is 0.650. The van der Waals surface area contributed by atoms with Crippen LogP contribution in [0.15, 0.2) is 6.07 Å². The minimum atomic E-state index is -0.754. The van der Waals surface area contributed by atoms with Gasteiger partial charge in [-0.1, -0.05) is 0 Å². The van der Waals surface area contributed by atoms with E-state index in [0.717, 1.165) is 5.69 Å². The third kappa shape index (κ3) is 1.86. The van der Waals surface area contributed by atoms with E-state index in [1.165, 1.54) is 7.11 Å². The fourth-order valence-electron chi connectivity index (χ4n) is 1.17. The van der Waals surface area contributed by atoms with Gasteiger partial charge < -0.3 is 10.5 Å². The van der Waals surface area contributed by atoms with E-state index in [1.54, 1.807) is 17.8 Å². The van der Waals surface area contributed by atoms with Gasteiger partial charge in [-0.15, -0.1) is 0 Å². The van der Waals surface area contributed by atoms with Crippen molar-refractivity contribution in [3.05, 3.63) is 17.5 Å². The van der Waals surface area contributed by atoms with Gasteiger partial charge in [0.1, 0.15) is 6.04 Å². The van der Waals surface area contributed by atoms with Crippen molar-refractivity contribution in [3.63, 3.8) is 0 Å². The molecule has 1 atom stereocenters. The lowest BCUT2D eigenvalue weighted by Crippen LogP contribution is -2.24. The first-order valence-corrected chi connectivity index (χ1v) is 3.90. The summed E-state index contributed by atoms with van der Waals surface area (Å²) in [7, 11) is 3.05. The van der Waals surface area contributed by atoms with Gasteiger partial charge in [-0.2, -0.15) is 5.10 Å². The van der Waals surface area contributed by atoms with Crippen molar-refractivity contribution in [1.29, 1.82) is 0 Å². The third-order valence-electron chi connectivity index (χ3n) is 1.81. The van der Waals surface area contributed by atoms with Gasteiger partial charge in [0, 0.05) is 7.05 Å². The van der Waals surface area contributed by atoms with Crippen molar-refractivity contribution in [2.45, 2.75) is 13.0 Å². The lowest BCUT2D eigenvalue weighted by Gasteiger charge is -2.08. The van der Waals surface area contributed by atoms with E-state index in [-0.39, 0.29) is 0 Å². The van der Waals surface area contributed by atoms with E-state index in [1.807, 2.05) is 6.92 Å². The summed E-state index contributed by atoms with van der Waals surface area (Å²) in [5, 5.41) is 4.08. The van der Waals surface area contributed by atoms with Crippen LogP contribution in [0.1, 0.15) is 17.4 Å². The molecular weight excluding hydrogens is 170 g/mol. The normalized spacial score (nSPS) is 12.6. The summed E-state index contributed by atoms with van der Waals surface area (Å²) >= 11 is 0. The lowest BCUT2D eigenvalue weighted by molar-refractivity contribution is -0.142. The molecule has 1 aromatic heterocycles. The van der Waals surface area contributed by atoms with Crippen LogP contribution in [0.25, 0.3) is 0 Å². The van der Waals surface area contributed by atoms with Crippen LogP contribution in [0.4, 0.5) is 0 Å². The summed E-state index contributed by atoms with van der Waals surface area (Å²) in [5.74, 6) is -0.456. The Labute approximate surface area is 76.5 Å². The zero-order valence-corrected chi connectivity index (χ0v) is 7.94. The van der Waals surface area contributed by atoms with Gasteiger partial charge in [-0.05, 0) is 13.0 Å². The highest BCUT2D eigenvalue weighted by Crippen LogP contribution is 2.11. The number of aromatic nitrogens is 2.